The van der Waals surface area contributed by atoms with Crippen molar-refractivity contribution in [3.63, 3.8) is 0 Å². The van der Waals surface area contributed by atoms with Gasteiger partial charge in [-0.15, -0.1) is 0 Å². The first-order valence-corrected chi connectivity index (χ1v) is 13.0. The second-order valence-corrected chi connectivity index (χ2v) is 11.6. The molecule has 11 heteroatoms. The van der Waals surface area contributed by atoms with Gasteiger partial charge < -0.3 is 19.2 Å². The molecule has 0 atom stereocenters. The van der Waals surface area contributed by atoms with E-state index >= 15 is 0 Å². The molecule has 1 aromatic rings. The minimum absolute atomic E-state index is 0.0956. The molecule has 167 valence electrons. The largest absolute Gasteiger partial charge is 0.531 e. The van der Waals surface area contributed by atoms with E-state index in [-0.39, 0.29) is 24.0 Å². The Morgan fingerprint density at radius 3 is 2.40 bits per heavy atom. The van der Waals surface area contributed by atoms with E-state index in [1.54, 1.807) is 39.5 Å². The highest BCUT2D eigenvalue weighted by Crippen LogP contribution is 2.24. The van der Waals surface area contributed by atoms with Gasteiger partial charge in [0.2, 0.25) is 10.0 Å². The molecule has 0 aliphatic carbocycles. The SMILES string of the molecule is COC(=O)[Si](C)Oc1cccc(S(=O)(=O)N2CCC(NC(=O)OC(C)(C)C)CC2)c1. The van der Waals surface area contributed by atoms with E-state index in [0.29, 0.717) is 18.6 Å². The quantitative estimate of drug-likeness (QED) is 0.654. The van der Waals surface area contributed by atoms with Crippen molar-refractivity contribution in [3.05, 3.63) is 24.3 Å². The molecule has 2 rings (SSSR count). The summed E-state index contributed by atoms with van der Waals surface area (Å²) in [6.45, 7) is 7.53. The molecule has 1 heterocycles. The maximum absolute atomic E-state index is 13.0. The second-order valence-electron chi connectivity index (χ2n) is 7.95. The summed E-state index contributed by atoms with van der Waals surface area (Å²) in [7, 11) is -4.35. The van der Waals surface area contributed by atoms with Crippen molar-refractivity contribution in [2.24, 2.45) is 0 Å². The monoisotopic (exact) mass is 457 g/mol. The summed E-state index contributed by atoms with van der Waals surface area (Å²) < 4.78 is 42.9. The number of rotatable bonds is 6. The van der Waals surface area contributed by atoms with Gasteiger partial charge in [0.15, 0.2) is 0 Å². The number of nitrogens with zero attached hydrogens (tertiary/aromatic N) is 1. The fourth-order valence-corrected chi connectivity index (χ4v) is 5.28. The summed E-state index contributed by atoms with van der Waals surface area (Å²) in [5.74, 6) is 0.305. The third kappa shape index (κ3) is 6.71. The fraction of sp³-hybridized carbons (Fsp3) is 0.579. The molecule has 30 heavy (non-hydrogen) atoms. The highest BCUT2D eigenvalue weighted by Gasteiger charge is 2.31. The molecular formula is C19H29N2O7SSi. The van der Waals surface area contributed by atoms with Crippen LogP contribution in [0.25, 0.3) is 0 Å². The van der Waals surface area contributed by atoms with Gasteiger partial charge in [0.1, 0.15) is 11.4 Å². The third-order valence-electron chi connectivity index (χ3n) is 4.36. The van der Waals surface area contributed by atoms with Gasteiger partial charge in [-0.05, 0) is 58.4 Å². The van der Waals surface area contributed by atoms with Crippen molar-refractivity contribution in [2.45, 2.75) is 56.7 Å². The van der Waals surface area contributed by atoms with Crippen molar-refractivity contribution >= 4 is 30.7 Å². The molecule has 1 N–H and O–H groups in total. The number of piperidine rings is 1. The molecule has 1 aromatic carbocycles. The van der Waals surface area contributed by atoms with Crippen LogP contribution in [0.4, 0.5) is 9.59 Å². The van der Waals surface area contributed by atoms with Crippen LogP contribution >= 0.6 is 0 Å². The highest BCUT2D eigenvalue weighted by atomic mass is 32.2. The molecule has 1 radical (unpaired) electrons. The number of carbonyl (C=O) groups excluding carboxylic acids is 2. The average Bonchev–Trinajstić information content (AvgIpc) is 2.66. The molecule has 9 nitrogen and oxygen atoms in total. The van der Waals surface area contributed by atoms with Crippen molar-refractivity contribution in [3.8, 4) is 5.75 Å². The lowest BCUT2D eigenvalue weighted by molar-refractivity contribution is 0.0489. The molecule has 1 saturated heterocycles. The number of hydrogen-bond acceptors (Lipinski definition) is 7. The summed E-state index contributed by atoms with van der Waals surface area (Å²) >= 11 is 0. The Bertz CT molecular complexity index is 862. The van der Waals surface area contributed by atoms with Crippen LogP contribution in [0.5, 0.6) is 5.75 Å². The smallest absolute Gasteiger partial charge is 0.409 e. The molecule has 0 unspecified atom stereocenters. The lowest BCUT2D eigenvalue weighted by Gasteiger charge is -2.32. The van der Waals surface area contributed by atoms with Crippen LogP contribution < -0.4 is 9.74 Å². The Balaban J connectivity index is 1.99. The Hall–Kier alpha value is -2.11. The number of methoxy groups -OCH3 is 1. The van der Waals surface area contributed by atoms with Gasteiger partial charge in [-0.2, -0.15) is 4.31 Å². The van der Waals surface area contributed by atoms with Crippen LogP contribution in [0.2, 0.25) is 6.55 Å². The van der Waals surface area contributed by atoms with Gasteiger partial charge in [0.05, 0.1) is 12.0 Å². The summed E-state index contributed by atoms with van der Waals surface area (Å²) in [5, 5.41) is 2.79. The predicted molar refractivity (Wildman–Crippen MR) is 112 cm³/mol. The first-order valence-electron chi connectivity index (χ1n) is 9.62. The van der Waals surface area contributed by atoms with Crippen molar-refractivity contribution in [1.82, 2.24) is 9.62 Å². The van der Waals surface area contributed by atoms with Gasteiger partial charge in [0, 0.05) is 19.1 Å². The Morgan fingerprint density at radius 2 is 1.83 bits per heavy atom. The average molecular weight is 458 g/mol. The molecule has 0 saturated carbocycles. The Kier molecular flexibility index (Phi) is 7.89. The minimum atomic E-state index is -3.72. The molecule has 0 aromatic heterocycles. The van der Waals surface area contributed by atoms with E-state index in [2.05, 4.69) is 10.1 Å². The predicted octanol–water partition coefficient (Wildman–Crippen LogP) is 2.71. The normalized spacial score (nSPS) is 16.2. The zero-order chi connectivity index (χ0) is 22.5. The van der Waals surface area contributed by atoms with E-state index in [0.717, 1.165) is 0 Å². The Labute approximate surface area is 179 Å². The van der Waals surface area contributed by atoms with Crippen LogP contribution in [0, 0.1) is 0 Å². The third-order valence-corrected chi connectivity index (χ3v) is 7.58. The number of hydrogen-bond donors (Lipinski definition) is 1. The number of ether oxygens (including phenoxy) is 2. The Morgan fingerprint density at radius 1 is 1.20 bits per heavy atom. The number of nitrogens with one attached hydrogen (secondary N) is 1. The number of benzene rings is 1. The summed E-state index contributed by atoms with van der Waals surface area (Å²) in [6.07, 6.45) is 0.467. The van der Waals surface area contributed by atoms with E-state index in [1.807, 2.05) is 0 Å². The van der Waals surface area contributed by atoms with Gasteiger partial charge in [-0.3, -0.25) is 4.79 Å². The molecule has 0 bridgehead atoms. The van der Waals surface area contributed by atoms with E-state index in [9.17, 15) is 18.0 Å². The summed E-state index contributed by atoms with van der Waals surface area (Å²) in [4.78, 5) is 23.6. The fourth-order valence-electron chi connectivity index (χ4n) is 2.92. The molecule has 0 spiro atoms. The van der Waals surface area contributed by atoms with Crippen molar-refractivity contribution in [2.75, 3.05) is 20.2 Å². The van der Waals surface area contributed by atoms with Gasteiger partial charge in [-0.1, -0.05) is 6.07 Å². The molecule has 1 fully saturated rings. The van der Waals surface area contributed by atoms with Crippen molar-refractivity contribution in [1.29, 1.82) is 0 Å². The second kappa shape index (κ2) is 9.80. The lowest BCUT2D eigenvalue weighted by Crippen LogP contribution is -2.47. The van der Waals surface area contributed by atoms with Crippen LogP contribution in [0.1, 0.15) is 33.6 Å². The van der Waals surface area contributed by atoms with Gasteiger partial charge in [-0.25, -0.2) is 13.2 Å². The topological polar surface area (TPSA) is 111 Å². The van der Waals surface area contributed by atoms with E-state index in [4.69, 9.17) is 9.16 Å². The summed E-state index contributed by atoms with van der Waals surface area (Å²) in [6, 6.07) is 5.94. The van der Waals surface area contributed by atoms with Crippen LogP contribution in [0.15, 0.2) is 29.2 Å². The number of carbonyl (C=O) groups is 2. The summed E-state index contributed by atoms with van der Waals surface area (Å²) in [5.41, 5.74) is -1.04. The molecular weight excluding hydrogens is 428 g/mol. The van der Waals surface area contributed by atoms with Gasteiger partial charge >= 0.3 is 20.7 Å². The number of alkyl carbamates (subject to hydrolysis) is 1. The highest BCUT2D eigenvalue weighted by molar-refractivity contribution is 7.89. The lowest BCUT2D eigenvalue weighted by atomic mass is 10.1. The number of sulfonamides is 1. The zero-order valence-electron chi connectivity index (χ0n) is 17.9. The van der Waals surface area contributed by atoms with Crippen LogP contribution in [-0.2, 0) is 19.5 Å². The van der Waals surface area contributed by atoms with E-state index < -0.39 is 36.4 Å². The number of amides is 1. The van der Waals surface area contributed by atoms with E-state index in [1.165, 1.54) is 23.5 Å². The van der Waals surface area contributed by atoms with Crippen LogP contribution in [-0.4, -0.2) is 65.3 Å². The first-order chi connectivity index (χ1) is 13.9. The zero-order valence-corrected chi connectivity index (χ0v) is 19.7. The van der Waals surface area contributed by atoms with Gasteiger partial charge in [0.25, 0.3) is 0 Å². The molecule has 1 amide bonds. The molecule has 1 aliphatic rings. The van der Waals surface area contributed by atoms with Crippen molar-refractivity contribution < 1.29 is 31.9 Å². The maximum atomic E-state index is 13.0. The van der Waals surface area contributed by atoms with Crippen LogP contribution in [0.3, 0.4) is 0 Å². The maximum Gasteiger partial charge on any atom is 0.409 e. The molecule has 1 aliphatic heterocycles. The standard InChI is InChI=1S/C19H29N2O7SSi/c1-19(2,3)27-17(22)20-14-9-11-21(12-10-14)29(24,25)16-8-6-7-15(13-16)28-30(5)18(23)26-4/h6-8,13-14H,9-12H2,1-5H3,(H,20,22). The first kappa shape index (κ1) is 24.2. The minimum Gasteiger partial charge on any atom is -0.531 e.